The lowest BCUT2D eigenvalue weighted by atomic mass is 10.4. The second kappa shape index (κ2) is 3.17. The zero-order valence-electron chi connectivity index (χ0n) is 5.54. The van der Waals surface area contributed by atoms with Gasteiger partial charge in [0.15, 0.2) is 0 Å². The fourth-order valence-corrected chi connectivity index (χ4v) is 2.64. The molecule has 1 aliphatic rings. The van der Waals surface area contributed by atoms with Crippen LogP contribution in [0.3, 0.4) is 0 Å². The van der Waals surface area contributed by atoms with Gasteiger partial charge in [-0.05, 0) is 0 Å². The van der Waals surface area contributed by atoms with Gasteiger partial charge in [0.25, 0.3) is 0 Å². The van der Waals surface area contributed by atoms with Gasteiger partial charge < -0.3 is 10.2 Å². The van der Waals surface area contributed by atoms with E-state index in [1.807, 2.05) is 0 Å². The molecule has 0 unspecified atom stereocenters. The highest BCUT2D eigenvalue weighted by Gasteiger charge is 2.26. The molecule has 1 saturated heterocycles. The van der Waals surface area contributed by atoms with Crippen LogP contribution in [-0.2, 0) is 0 Å². The maximum absolute atomic E-state index is 9.13. The predicted molar refractivity (Wildman–Crippen MR) is 46.1 cm³/mol. The standard InChI is InChI=1S/C6H10O2S2/c1-5-2-9-4-6(7,8)10-3-5/h7-8H,1-4H2. The second-order valence-electron chi connectivity index (χ2n) is 2.27. The first kappa shape index (κ1) is 8.46. The highest BCUT2D eigenvalue weighted by atomic mass is 32.2. The lowest BCUT2D eigenvalue weighted by Crippen LogP contribution is -2.25. The smallest absolute Gasteiger partial charge is 0.222 e. The van der Waals surface area contributed by atoms with Gasteiger partial charge in [0, 0.05) is 11.5 Å². The molecule has 2 nitrogen and oxygen atoms in total. The Hall–Kier alpha value is 0.360. The van der Waals surface area contributed by atoms with E-state index in [0.717, 1.165) is 23.1 Å². The normalized spacial score (nSPS) is 26.0. The highest BCUT2D eigenvalue weighted by molar-refractivity contribution is 8.04. The van der Waals surface area contributed by atoms with Gasteiger partial charge in [0.05, 0.1) is 5.75 Å². The number of hydrogen-bond donors (Lipinski definition) is 2. The quantitative estimate of drug-likeness (QED) is 0.422. The fraction of sp³-hybridized carbons (Fsp3) is 0.667. The van der Waals surface area contributed by atoms with Crippen LogP contribution in [0, 0.1) is 0 Å². The van der Waals surface area contributed by atoms with Crippen LogP contribution in [-0.4, -0.2) is 32.6 Å². The van der Waals surface area contributed by atoms with Crippen molar-refractivity contribution in [3.05, 3.63) is 12.2 Å². The SMILES string of the molecule is C=C1CSCC(O)(O)SC1. The lowest BCUT2D eigenvalue weighted by molar-refractivity contribution is -0.0542. The van der Waals surface area contributed by atoms with Gasteiger partial charge in [-0.2, -0.15) is 11.8 Å². The molecule has 1 fully saturated rings. The number of rotatable bonds is 0. The molecule has 0 aromatic carbocycles. The Kier molecular flexibility index (Phi) is 2.68. The highest BCUT2D eigenvalue weighted by Crippen LogP contribution is 2.30. The molecule has 0 aliphatic carbocycles. The van der Waals surface area contributed by atoms with E-state index in [-0.39, 0.29) is 0 Å². The third-order valence-electron chi connectivity index (χ3n) is 1.10. The van der Waals surface area contributed by atoms with Crippen LogP contribution in [0.25, 0.3) is 0 Å². The molecule has 0 atom stereocenters. The molecule has 0 amide bonds. The van der Waals surface area contributed by atoms with Gasteiger partial charge in [0.2, 0.25) is 5.12 Å². The van der Waals surface area contributed by atoms with E-state index in [0.29, 0.717) is 11.5 Å². The third-order valence-corrected chi connectivity index (χ3v) is 3.66. The van der Waals surface area contributed by atoms with Crippen molar-refractivity contribution in [1.82, 2.24) is 0 Å². The summed E-state index contributed by atoms with van der Waals surface area (Å²) in [4.78, 5) is 0. The molecule has 1 heterocycles. The van der Waals surface area contributed by atoms with E-state index in [2.05, 4.69) is 6.58 Å². The van der Waals surface area contributed by atoms with Crippen molar-refractivity contribution in [2.24, 2.45) is 0 Å². The van der Waals surface area contributed by atoms with Crippen LogP contribution < -0.4 is 0 Å². The van der Waals surface area contributed by atoms with Gasteiger partial charge in [-0.15, -0.1) is 0 Å². The molecule has 10 heavy (non-hydrogen) atoms. The lowest BCUT2D eigenvalue weighted by Gasteiger charge is -2.16. The first-order valence-electron chi connectivity index (χ1n) is 2.93. The summed E-state index contributed by atoms with van der Waals surface area (Å²) in [5.74, 6) is 1.87. The van der Waals surface area contributed by atoms with Crippen LogP contribution in [0.2, 0.25) is 0 Å². The van der Waals surface area contributed by atoms with Gasteiger partial charge in [-0.25, -0.2) is 0 Å². The van der Waals surface area contributed by atoms with E-state index in [4.69, 9.17) is 10.2 Å². The summed E-state index contributed by atoms with van der Waals surface area (Å²) < 4.78 is 0. The maximum atomic E-state index is 9.13. The average molecular weight is 178 g/mol. The summed E-state index contributed by atoms with van der Waals surface area (Å²) in [5, 5.41) is 16.7. The maximum Gasteiger partial charge on any atom is 0.222 e. The molecule has 0 bridgehead atoms. The fourth-order valence-electron chi connectivity index (χ4n) is 0.629. The van der Waals surface area contributed by atoms with E-state index in [9.17, 15) is 0 Å². The number of thioether (sulfide) groups is 2. The predicted octanol–water partition coefficient (Wildman–Crippen LogP) is 0.661. The summed E-state index contributed by atoms with van der Waals surface area (Å²) in [6.07, 6.45) is 0. The van der Waals surface area contributed by atoms with Crippen molar-refractivity contribution in [1.29, 1.82) is 0 Å². The van der Waals surface area contributed by atoms with Crippen molar-refractivity contribution >= 4 is 23.5 Å². The summed E-state index contributed by atoms with van der Waals surface area (Å²) in [7, 11) is 0. The largest absolute Gasteiger partial charge is 0.357 e. The summed E-state index contributed by atoms with van der Waals surface area (Å²) in [6.45, 7) is 3.78. The van der Waals surface area contributed by atoms with Crippen LogP contribution in [0.4, 0.5) is 0 Å². The van der Waals surface area contributed by atoms with Crippen molar-refractivity contribution < 1.29 is 10.2 Å². The minimum atomic E-state index is -1.54. The molecular formula is C6H10O2S2. The molecule has 0 aromatic heterocycles. The first-order valence-corrected chi connectivity index (χ1v) is 5.07. The summed E-state index contributed by atoms with van der Waals surface area (Å²) in [6, 6.07) is 0. The van der Waals surface area contributed by atoms with Gasteiger partial charge in [0.1, 0.15) is 0 Å². The average Bonchev–Trinajstić information content (AvgIpc) is 1.94. The van der Waals surface area contributed by atoms with Crippen LogP contribution in [0.5, 0.6) is 0 Å². The summed E-state index contributed by atoms with van der Waals surface area (Å²) in [5.41, 5.74) is 1.07. The van der Waals surface area contributed by atoms with E-state index >= 15 is 0 Å². The monoisotopic (exact) mass is 178 g/mol. The van der Waals surface area contributed by atoms with Crippen molar-refractivity contribution in [2.75, 3.05) is 17.3 Å². The van der Waals surface area contributed by atoms with Crippen LogP contribution in [0.1, 0.15) is 0 Å². The van der Waals surface area contributed by atoms with Crippen molar-refractivity contribution in [2.45, 2.75) is 5.12 Å². The zero-order valence-corrected chi connectivity index (χ0v) is 7.17. The molecule has 1 rings (SSSR count). The number of aliphatic hydroxyl groups is 2. The molecule has 1 aliphatic heterocycles. The first-order chi connectivity index (χ1) is 4.60. The second-order valence-corrected chi connectivity index (χ2v) is 4.49. The topological polar surface area (TPSA) is 40.5 Å². The Morgan fingerprint density at radius 1 is 1.40 bits per heavy atom. The minimum absolute atomic E-state index is 0.372. The molecule has 0 saturated carbocycles. The van der Waals surface area contributed by atoms with E-state index < -0.39 is 5.12 Å². The molecule has 0 spiro atoms. The van der Waals surface area contributed by atoms with Gasteiger partial charge in [-0.1, -0.05) is 23.9 Å². The third kappa shape index (κ3) is 2.54. The van der Waals surface area contributed by atoms with E-state index in [1.165, 1.54) is 11.8 Å². The molecule has 0 aromatic rings. The number of hydrogen-bond acceptors (Lipinski definition) is 4. The molecule has 2 N–H and O–H groups in total. The van der Waals surface area contributed by atoms with Gasteiger partial charge in [-0.3, -0.25) is 0 Å². The zero-order chi connectivity index (χ0) is 7.61. The molecule has 58 valence electrons. The Bertz CT molecular complexity index is 145. The molecule has 0 radical (unpaired) electrons. The van der Waals surface area contributed by atoms with Gasteiger partial charge >= 0.3 is 0 Å². The Morgan fingerprint density at radius 3 is 2.80 bits per heavy atom. The Balaban J connectivity index is 2.48. The Morgan fingerprint density at radius 2 is 2.10 bits per heavy atom. The van der Waals surface area contributed by atoms with E-state index in [1.54, 1.807) is 0 Å². The van der Waals surface area contributed by atoms with Crippen molar-refractivity contribution in [3.63, 3.8) is 0 Å². The van der Waals surface area contributed by atoms with Crippen LogP contribution >= 0.6 is 23.5 Å². The minimum Gasteiger partial charge on any atom is -0.357 e. The molecule has 4 heteroatoms. The Labute approximate surface area is 68.7 Å². The molecular weight excluding hydrogens is 168 g/mol. The van der Waals surface area contributed by atoms with Crippen molar-refractivity contribution in [3.8, 4) is 0 Å². The van der Waals surface area contributed by atoms with Crippen LogP contribution in [0.15, 0.2) is 12.2 Å². The summed E-state index contributed by atoms with van der Waals surface area (Å²) >= 11 is 2.65.